The zero-order chi connectivity index (χ0) is 25.6. The first kappa shape index (κ1) is 24.1. The van der Waals surface area contributed by atoms with Crippen molar-refractivity contribution in [2.24, 2.45) is 5.73 Å². The minimum Gasteiger partial charge on any atom is -0.379 e. The maximum Gasteiger partial charge on any atom is 0.274 e. The average Bonchev–Trinajstić information content (AvgIpc) is 3.22. The van der Waals surface area contributed by atoms with E-state index in [1.165, 1.54) is 4.52 Å². The molecule has 0 aromatic carbocycles. The van der Waals surface area contributed by atoms with E-state index in [4.69, 9.17) is 15.2 Å². The Morgan fingerprint density at radius 1 is 1.36 bits per heavy atom. The highest BCUT2D eigenvalue weighted by atomic mass is 19.3. The maximum atomic E-state index is 14.2. The van der Waals surface area contributed by atoms with Crippen LogP contribution in [0.15, 0.2) is 29.2 Å². The zero-order valence-electron chi connectivity index (χ0n) is 19.8. The Labute approximate surface area is 204 Å². The third-order valence-corrected chi connectivity index (χ3v) is 6.89. The highest BCUT2D eigenvalue weighted by Crippen LogP contribution is 2.50. The van der Waals surface area contributed by atoms with Crippen molar-refractivity contribution in [2.75, 3.05) is 38.0 Å². The van der Waals surface area contributed by atoms with E-state index in [-0.39, 0.29) is 59.0 Å². The lowest BCUT2D eigenvalue weighted by Gasteiger charge is -2.35. The Morgan fingerprint density at radius 3 is 2.81 bits per heavy atom. The highest BCUT2D eigenvalue weighted by Gasteiger charge is 2.52. The fraction of sp³-hybridized carbons (Fsp3) is 0.478. The van der Waals surface area contributed by atoms with Gasteiger partial charge in [-0.1, -0.05) is 0 Å². The molecule has 2 fully saturated rings. The van der Waals surface area contributed by atoms with Gasteiger partial charge >= 0.3 is 0 Å². The van der Waals surface area contributed by atoms with Gasteiger partial charge in [-0.2, -0.15) is 9.61 Å². The number of hydrogen-bond acceptors (Lipinski definition) is 8. The molecule has 4 N–H and O–H groups in total. The molecule has 13 heteroatoms. The van der Waals surface area contributed by atoms with E-state index >= 15 is 0 Å². The van der Waals surface area contributed by atoms with Gasteiger partial charge in [-0.15, -0.1) is 0 Å². The number of anilines is 3. The molecule has 1 amide bonds. The number of nitrogens with one attached hydrogen (secondary N) is 2. The predicted molar refractivity (Wildman–Crippen MR) is 127 cm³/mol. The van der Waals surface area contributed by atoms with Crippen molar-refractivity contribution in [3.8, 4) is 0 Å². The molecule has 1 aliphatic carbocycles. The number of fused-ring (bicyclic) bond motifs is 1. The maximum absolute atomic E-state index is 14.2. The number of alkyl halides is 2. The molecule has 36 heavy (non-hydrogen) atoms. The van der Waals surface area contributed by atoms with Crippen molar-refractivity contribution in [3.63, 3.8) is 0 Å². The van der Waals surface area contributed by atoms with E-state index in [1.807, 2.05) is 0 Å². The molecule has 192 valence electrons. The number of carbonyl (C=O) groups is 1. The van der Waals surface area contributed by atoms with E-state index in [1.54, 1.807) is 43.1 Å². The van der Waals surface area contributed by atoms with Gasteiger partial charge in [-0.05, 0) is 25.0 Å². The van der Waals surface area contributed by atoms with Gasteiger partial charge in [0, 0.05) is 39.4 Å². The van der Waals surface area contributed by atoms with Crippen LogP contribution in [0.25, 0.3) is 5.65 Å². The van der Waals surface area contributed by atoms with E-state index in [0.717, 1.165) is 0 Å². The average molecular weight is 504 g/mol. The molecule has 1 aliphatic heterocycles. The molecule has 3 aromatic rings. The molecular formula is C23H27F2N7O4. The first-order valence-electron chi connectivity index (χ1n) is 11.6. The van der Waals surface area contributed by atoms with Crippen LogP contribution in [-0.2, 0) is 9.47 Å². The standard InChI is InChI=1S/C23H27F2N7O4/c1-27-17-10-16(28-13-4-3-8-31(22(13)34)14-6-9-36-11-15(14)35-2)29-21-18(20(26)33)19(30-32(17)21)12-5-7-23(12,24)25/h3-4,8,10,12,14-15,27H,5-7,9,11H2,1-2H3,(H2,26,33)(H,28,29)/t12-,14-,15+/m0/s1. The van der Waals surface area contributed by atoms with Crippen molar-refractivity contribution in [2.45, 2.75) is 43.2 Å². The minimum absolute atomic E-state index is 0.0229. The normalized spacial score (nSPS) is 23.3. The highest BCUT2D eigenvalue weighted by molar-refractivity contribution is 6.00. The van der Waals surface area contributed by atoms with E-state index in [2.05, 4.69) is 20.7 Å². The number of nitrogens with two attached hydrogens (primary N) is 1. The Bertz CT molecular complexity index is 1370. The molecule has 0 unspecified atom stereocenters. The third-order valence-electron chi connectivity index (χ3n) is 6.89. The first-order valence-corrected chi connectivity index (χ1v) is 11.6. The zero-order valence-corrected chi connectivity index (χ0v) is 19.8. The molecule has 0 bridgehead atoms. The number of nitrogens with zero attached hydrogens (tertiary/aromatic N) is 4. The Balaban J connectivity index is 1.56. The SMILES string of the molecule is CNc1cc(Nc2cccn([C@H]3CCOC[C@H]3OC)c2=O)nc2c(C(N)=O)c([C@@H]3CCC3(F)F)nn12. The molecule has 1 saturated heterocycles. The molecule has 3 aromatic heterocycles. The third kappa shape index (κ3) is 3.97. The van der Waals surface area contributed by atoms with Gasteiger partial charge in [0.05, 0.1) is 24.3 Å². The number of halogens is 2. The molecule has 1 saturated carbocycles. The van der Waals surface area contributed by atoms with Crippen LogP contribution in [0, 0.1) is 0 Å². The summed E-state index contributed by atoms with van der Waals surface area (Å²) in [6.45, 7) is 0.895. The van der Waals surface area contributed by atoms with Crippen LogP contribution in [-0.4, -0.2) is 64.5 Å². The second kappa shape index (κ2) is 9.13. The Hall–Kier alpha value is -3.58. The lowest BCUT2D eigenvalue weighted by Crippen LogP contribution is -2.40. The van der Waals surface area contributed by atoms with E-state index in [0.29, 0.717) is 25.5 Å². The van der Waals surface area contributed by atoms with Crippen LogP contribution in [0.2, 0.25) is 0 Å². The van der Waals surface area contributed by atoms with E-state index < -0.39 is 17.7 Å². The number of methoxy groups -OCH3 is 1. The Kier molecular flexibility index (Phi) is 6.12. The minimum atomic E-state index is -2.97. The first-order chi connectivity index (χ1) is 17.2. The van der Waals surface area contributed by atoms with Crippen molar-refractivity contribution in [1.82, 2.24) is 19.2 Å². The number of carbonyl (C=O) groups excluding carboxylic acids is 1. The fourth-order valence-electron chi connectivity index (χ4n) is 4.85. The van der Waals surface area contributed by atoms with Crippen LogP contribution in [0.1, 0.15) is 47.3 Å². The van der Waals surface area contributed by atoms with Gasteiger partial charge in [-0.25, -0.2) is 13.8 Å². The van der Waals surface area contributed by atoms with Gasteiger partial charge in [0.1, 0.15) is 29.0 Å². The number of ether oxygens (including phenoxy) is 2. The van der Waals surface area contributed by atoms with Crippen molar-refractivity contribution in [1.29, 1.82) is 0 Å². The summed E-state index contributed by atoms with van der Waals surface area (Å²) in [4.78, 5) is 30.1. The van der Waals surface area contributed by atoms with Crippen LogP contribution >= 0.6 is 0 Å². The molecule has 0 spiro atoms. The van der Waals surface area contributed by atoms with Crippen LogP contribution in [0.4, 0.5) is 26.1 Å². The van der Waals surface area contributed by atoms with Crippen LogP contribution in [0.3, 0.4) is 0 Å². The molecule has 11 nitrogen and oxygen atoms in total. The second-order valence-corrected chi connectivity index (χ2v) is 8.95. The van der Waals surface area contributed by atoms with Crippen LogP contribution < -0.4 is 21.9 Å². The predicted octanol–water partition coefficient (Wildman–Crippen LogP) is 2.26. The molecular weight excluding hydrogens is 476 g/mol. The van der Waals surface area contributed by atoms with Crippen molar-refractivity contribution in [3.05, 3.63) is 46.0 Å². The number of pyridine rings is 1. The van der Waals surface area contributed by atoms with Gasteiger partial charge in [0.2, 0.25) is 0 Å². The molecule has 5 rings (SSSR count). The van der Waals surface area contributed by atoms with E-state index in [9.17, 15) is 18.4 Å². The smallest absolute Gasteiger partial charge is 0.274 e. The number of rotatable bonds is 7. The molecule has 3 atom stereocenters. The number of primary amides is 1. The number of amides is 1. The Morgan fingerprint density at radius 2 is 2.17 bits per heavy atom. The lowest BCUT2D eigenvalue weighted by atomic mass is 9.77. The van der Waals surface area contributed by atoms with Crippen molar-refractivity contribution >= 4 is 28.9 Å². The summed E-state index contributed by atoms with van der Waals surface area (Å²) in [5.74, 6) is -4.49. The van der Waals surface area contributed by atoms with Gasteiger partial charge in [0.15, 0.2) is 5.65 Å². The monoisotopic (exact) mass is 503 g/mol. The van der Waals surface area contributed by atoms with Gasteiger partial charge in [-0.3, -0.25) is 9.59 Å². The summed E-state index contributed by atoms with van der Waals surface area (Å²) in [5.41, 5.74) is 5.32. The summed E-state index contributed by atoms with van der Waals surface area (Å²) in [5, 5.41) is 10.2. The summed E-state index contributed by atoms with van der Waals surface area (Å²) >= 11 is 0. The summed E-state index contributed by atoms with van der Waals surface area (Å²) < 4.78 is 42.2. The molecule has 4 heterocycles. The molecule has 0 radical (unpaired) electrons. The number of hydrogen-bond donors (Lipinski definition) is 3. The topological polar surface area (TPSA) is 138 Å². The summed E-state index contributed by atoms with van der Waals surface area (Å²) in [7, 11) is 3.20. The molecule has 2 aliphatic rings. The fourth-order valence-corrected chi connectivity index (χ4v) is 4.85. The second-order valence-electron chi connectivity index (χ2n) is 8.95. The number of aromatic nitrogens is 4. The largest absolute Gasteiger partial charge is 0.379 e. The van der Waals surface area contributed by atoms with Crippen molar-refractivity contribution < 1.29 is 23.0 Å². The van der Waals surface area contributed by atoms with Crippen LogP contribution in [0.5, 0.6) is 0 Å². The quantitative estimate of drug-likeness (QED) is 0.447. The lowest BCUT2D eigenvalue weighted by molar-refractivity contribution is -0.0976. The summed E-state index contributed by atoms with van der Waals surface area (Å²) in [6.07, 6.45) is 1.95. The van der Waals surface area contributed by atoms with Gasteiger partial charge in [0.25, 0.3) is 17.4 Å². The van der Waals surface area contributed by atoms with Gasteiger partial charge < -0.3 is 30.4 Å². The summed E-state index contributed by atoms with van der Waals surface area (Å²) in [6, 6.07) is 4.70.